The molecule has 18 heavy (non-hydrogen) atoms. The number of nitrogen functional groups attached to an aromatic ring is 1. The first-order valence-corrected chi connectivity index (χ1v) is 5.01. The first kappa shape index (κ1) is 14.5. The second-order valence-electron chi connectivity index (χ2n) is 3.77. The van der Waals surface area contributed by atoms with Crippen LogP contribution < -0.4 is 11.4 Å². The van der Waals surface area contributed by atoms with Crippen molar-refractivity contribution in [2.45, 2.75) is 24.5 Å². The second-order valence-corrected chi connectivity index (χ2v) is 3.77. The zero-order chi connectivity index (χ0) is 12.6. The highest BCUT2D eigenvalue weighted by molar-refractivity contribution is 5.23. The van der Waals surface area contributed by atoms with Crippen LogP contribution in [-0.2, 0) is 4.74 Å². The van der Waals surface area contributed by atoms with E-state index in [1.807, 2.05) is 0 Å². The lowest BCUT2D eigenvalue weighted by Gasteiger charge is -2.16. The van der Waals surface area contributed by atoms with Crippen LogP contribution in [0.15, 0.2) is 17.1 Å². The van der Waals surface area contributed by atoms with E-state index in [-0.39, 0.29) is 10.5 Å². The molecule has 0 unspecified atom stereocenters. The van der Waals surface area contributed by atoms with E-state index in [1.54, 1.807) is 0 Å². The normalized spacial score (nSPS) is 31.1. The molecule has 8 nitrogen and oxygen atoms in total. The SMILES string of the molecule is F.Nc1ccn([C@@H]2O[C@H](CO)[C@@H](O)[C@H]2O)c(=O)n1. The number of anilines is 1. The number of rotatable bonds is 2. The fourth-order valence-electron chi connectivity index (χ4n) is 1.73. The van der Waals surface area contributed by atoms with Crippen LogP contribution in [0, 0.1) is 0 Å². The maximum Gasteiger partial charge on any atom is 0.351 e. The van der Waals surface area contributed by atoms with Crippen LogP contribution in [0.5, 0.6) is 0 Å². The molecule has 2 heterocycles. The number of hydrogen-bond acceptors (Lipinski definition) is 7. The van der Waals surface area contributed by atoms with Gasteiger partial charge in [0.25, 0.3) is 0 Å². The Balaban J connectivity index is 0.00000162. The van der Waals surface area contributed by atoms with Gasteiger partial charge in [0, 0.05) is 6.20 Å². The number of hydrogen-bond donors (Lipinski definition) is 4. The Morgan fingerprint density at radius 2 is 2.11 bits per heavy atom. The van der Waals surface area contributed by atoms with Gasteiger partial charge in [0.15, 0.2) is 6.23 Å². The van der Waals surface area contributed by atoms with Crippen molar-refractivity contribution in [3.63, 3.8) is 0 Å². The standard InChI is InChI=1S/C9H13N3O5.FH/c10-5-1-2-12(9(16)11-5)8-7(15)6(14)4(3-13)17-8;/h1-2,4,6-8,13-15H,3H2,(H2,10,11,16);1H/t4-,6-,7-,8-;/m1./s1. The molecule has 1 aliphatic rings. The molecule has 4 atom stereocenters. The number of halogens is 1. The van der Waals surface area contributed by atoms with Crippen molar-refractivity contribution >= 4 is 5.82 Å². The van der Waals surface area contributed by atoms with Crippen LogP contribution in [0.1, 0.15) is 6.23 Å². The summed E-state index contributed by atoms with van der Waals surface area (Å²) >= 11 is 0. The summed E-state index contributed by atoms with van der Waals surface area (Å²) in [6, 6.07) is 1.37. The molecule has 1 fully saturated rings. The van der Waals surface area contributed by atoms with Crippen molar-refractivity contribution in [1.82, 2.24) is 9.55 Å². The number of ether oxygens (including phenoxy) is 1. The summed E-state index contributed by atoms with van der Waals surface area (Å²) in [6.45, 7) is -0.453. The highest BCUT2D eigenvalue weighted by atomic mass is 19.0. The fourth-order valence-corrected chi connectivity index (χ4v) is 1.73. The average Bonchev–Trinajstić information content (AvgIpc) is 2.57. The van der Waals surface area contributed by atoms with Crippen molar-refractivity contribution in [3.8, 4) is 0 Å². The van der Waals surface area contributed by atoms with Gasteiger partial charge in [-0.1, -0.05) is 0 Å². The van der Waals surface area contributed by atoms with E-state index in [2.05, 4.69) is 4.98 Å². The molecule has 1 aromatic heterocycles. The predicted octanol–water partition coefficient (Wildman–Crippen LogP) is -2.41. The van der Waals surface area contributed by atoms with Gasteiger partial charge in [0.2, 0.25) is 0 Å². The lowest BCUT2D eigenvalue weighted by Crippen LogP contribution is -2.36. The summed E-state index contributed by atoms with van der Waals surface area (Å²) in [5.74, 6) is 0.0537. The largest absolute Gasteiger partial charge is 0.394 e. The third-order valence-corrected chi connectivity index (χ3v) is 2.64. The Morgan fingerprint density at radius 1 is 1.44 bits per heavy atom. The van der Waals surface area contributed by atoms with Gasteiger partial charge in [-0.25, -0.2) is 4.79 Å². The smallest absolute Gasteiger partial charge is 0.351 e. The molecule has 0 aliphatic carbocycles. The highest BCUT2D eigenvalue weighted by Crippen LogP contribution is 2.27. The van der Waals surface area contributed by atoms with Gasteiger partial charge in [-0.05, 0) is 6.07 Å². The van der Waals surface area contributed by atoms with E-state index < -0.39 is 36.8 Å². The average molecular weight is 263 g/mol. The highest BCUT2D eigenvalue weighted by Gasteiger charge is 2.43. The summed E-state index contributed by atoms with van der Waals surface area (Å²) in [6.07, 6.45) is -3.27. The van der Waals surface area contributed by atoms with Gasteiger partial charge in [-0.2, -0.15) is 4.98 Å². The Morgan fingerprint density at radius 3 is 2.61 bits per heavy atom. The van der Waals surface area contributed by atoms with Crippen molar-refractivity contribution in [2.75, 3.05) is 12.3 Å². The summed E-state index contributed by atoms with van der Waals surface area (Å²) in [4.78, 5) is 15.0. The van der Waals surface area contributed by atoms with Crippen molar-refractivity contribution in [1.29, 1.82) is 0 Å². The van der Waals surface area contributed by atoms with Gasteiger partial charge >= 0.3 is 5.69 Å². The number of nitrogens with zero attached hydrogens (tertiary/aromatic N) is 2. The van der Waals surface area contributed by atoms with Crippen LogP contribution in [0.25, 0.3) is 0 Å². The van der Waals surface area contributed by atoms with Crippen molar-refractivity contribution in [3.05, 3.63) is 22.7 Å². The molecule has 0 aromatic carbocycles. The molecule has 2 rings (SSSR count). The minimum Gasteiger partial charge on any atom is -0.394 e. The zero-order valence-corrected chi connectivity index (χ0v) is 9.21. The van der Waals surface area contributed by atoms with E-state index in [0.29, 0.717) is 0 Å². The van der Waals surface area contributed by atoms with E-state index in [9.17, 15) is 15.0 Å². The summed E-state index contributed by atoms with van der Waals surface area (Å²) < 4.78 is 6.19. The third kappa shape index (κ3) is 2.34. The van der Waals surface area contributed by atoms with Crippen LogP contribution in [-0.4, -0.2) is 49.8 Å². The maximum absolute atomic E-state index is 11.5. The van der Waals surface area contributed by atoms with Crippen molar-refractivity contribution in [2.24, 2.45) is 0 Å². The second kappa shape index (κ2) is 5.40. The molecule has 102 valence electrons. The number of aliphatic hydroxyl groups excluding tert-OH is 3. The molecule has 1 aliphatic heterocycles. The zero-order valence-electron chi connectivity index (χ0n) is 9.21. The maximum atomic E-state index is 11.5. The number of nitrogens with two attached hydrogens (primary N) is 1. The van der Waals surface area contributed by atoms with E-state index in [4.69, 9.17) is 15.6 Å². The molecule has 9 heteroatoms. The van der Waals surface area contributed by atoms with Gasteiger partial charge < -0.3 is 25.8 Å². The molecule has 1 saturated heterocycles. The lowest BCUT2D eigenvalue weighted by atomic mass is 10.1. The third-order valence-electron chi connectivity index (χ3n) is 2.64. The van der Waals surface area contributed by atoms with Gasteiger partial charge in [0.05, 0.1) is 6.61 Å². The first-order chi connectivity index (χ1) is 8.04. The summed E-state index contributed by atoms with van der Waals surface area (Å²) in [7, 11) is 0. The minimum atomic E-state index is -1.31. The summed E-state index contributed by atoms with van der Waals surface area (Å²) in [5, 5.41) is 28.2. The summed E-state index contributed by atoms with van der Waals surface area (Å²) in [5.41, 5.74) is 4.63. The number of aliphatic hydroxyl groups is 3. The van der Waals surface area contributed by atoms with Crippen LogP contribution in [0.2, 0.25) is 0 Å². The molecular weight excluding hydrogens is 249 g/mol. The molecular formula is C9H14FN3O5. The Bertz CT molecular complexity index is 468. The molecule has 5 N–H and O–H groups in total. The first-order valence-electron chi connectivity index (χ1n) is 5.01. The molecule has 0 amide bonds. The fraction of sp³-hybridized carbons (Fsp3) is 0.556. The Hall–Kier alpha value is -1.55. The van der Waals surface area contributed by atoms with E-state index >= 15 is 0 Å². The monoisotopic (exact) mass is 263 g/mol. The molecule has 0 spiro atoms. The topological polar surface area (TPSA) is 131 Å². The van der Waals surface area contributed by atoms with Crippen LogP contribution in [0.4, 0.5) is 10.5 Å². The van der Waals surface area contributed by atoms with E-state index in [0.717, 1.165) is 4.57 Å². The molecule has 1 aromatic rings. The van der Waals surface area contributed by atoms with Gasteiger partial charge in [-0.3, -0.25) is 9.27 Å². The quantitative estimate of drug-likeness (QED) is 0.467. The molecule has 0 bridgehead atoms. The van der Waals surface area contributed by atoms with Crippen molar-refractivity contribution < 1.29 is 24.8 Å². The molecule has 0 radical (unpaired) electrons. The van der Waals surface area contributed by atoms with Crippen LogP contribution >= 0.6 is 0 Å². The Labute approximate surface area is 101 Å². The lowest BCUT2D eigenvalue weighted by molar-refractivity contribution is -0.0549. The number of aromatic nitrogens is 2. The molecule has 0 saturated carbocycles. The predicted molar refractivity (Wildman–Crippen MR) is 58.4 cm³/mol. The van der Waals surface area contributed by atoms with Gasteiger partial charge in [0.1, 0.15) is 24.1 Å². The van der Waals surface area contributed by atoms with Crippen LogP contribution in [0.3, 0.4) is 0 Å². The van der Waals surface area contributed by atoms with E-state index in [1.165, 1.54) is 12.3 Å². The van der Waals surface area contributed by atoms with Gasteiger partial charge in [-0.15, -0.1) is 0 Å². The minimum absolute atomic E-state index is 0. The Kier molecular flexibility index (Phi) is 4.35.